The highest BCUT2D eigenvalue weighted by Gasteiger charge is 2.26. The SMILES string of the molecule is C[C@@H](NC(=O)Nc1ccc(-c2cn[c]s2)c(S(=O)(=O)NC(C)(C)C)c1)c1ccccc1. The topological polar surface area (TPSA) is 100 Å². The summed E-state index contributed by atoms with van der Waals surface area (Å²) >= 11 is 1.22. The number of rotatable bonds is 6. The maximum absolute atomic E-state index is 13.1. The molecule has 1 atom stereocenters. The minimum Gasteiger partial charge on any atom is -0.331 e. The number of hydrogen-bond acceptors (Lipinski definition) is 5. The number of sulfonamides is 1. The number of anilines is 1. The van der Waals surface area contributed by atoms with E-state index in [4.69, 9.17) is 0 Å². The van der Waals surface area contributed by atoms with Crippen molar-refractivity contribution in [2.24, 2.45) is 0 Å². The van der Waals surface area contributed by atoms with Gasteiger partial charge in [0.05, 0.1) is 15.8 Å². The third-order valence-corrected chi connectivity index (χ3v) is 6.81. The molecule has 3 rings (SSSR count). The second-order valence-corrected chi connectivity index (χ2v) is 10.6. The molecule has 31 heavy (non-hydrogen) atoms. The molecule has 2 aromatic carbocycles. The van der Waals surface area contributed by atoms with Gasteiger partial charge in [0, 0.05) is 23.0 Å². The van der Waals surface area contributed by atoms with Gasteiger partial charge in [-0.05, 0) is 45.4 Å². The van der Waals surface area contributed by atoms with Crippen molar-refractivity contribution >= 4 is 33.1 Å². The monoisotopic (exact) mass is 457 g/mol. The Balaban J connectivity index is 1.87. The van der Waals surface area contributed by atoms with Crippen molar-refractivity contribution in [2.75, 3.05) is 5.32 Å². The third kappa shape index (κ3) is 6.13. The molecular weight excluding hydrogens is 432 g/mol. The number of urea groups is 1. The number of thiazole rings is 1. The number of nitrogens with zero attached hydrogens (tertiary/aromatic N) is 1. The summed E-state index contributed by atoms with van der Waals surface area (Å²) in [6, 6.07) is 13.7. The number of hydrogen-bond donors (Lipinski definition) is 3. The second kappa shape index (κ2) is 9.17. The highest BCUT2D eigenvalue weighted by atomic mass is 32.2. The van der Waals surface area contributed by atoms with Crippen LogP contribution < -0.4 is 15.4 Å². The number of carbonyl (C=O) groups is 1. The first-order chi connectivity index (χ1) is 14.5. The lowest BCUT2D eigenvalue weighted by Crippen LogP contribution is -2.40. The average Bonchev–Trinajstić information content (AvgIpc) is 3.21. The molecule has 163 valence electrons. The summed E-state index contributed by atoms with van der Waals surface area (Å²) in [5, 5.41) is 5.58. The van der Waals surface area contributed by atoms with Gasteiger partial charge in [0.1, 0.15) is 0 Å². The molecule has 9 heteroatoms. The maximum Gasteiger partial charge on any atom is 0.319 e. The van der Waals surface area contributed by atoms with Crippen LogP contribution in [0.1, 0.15) is 39.3 Å². The fraction of sp³-hybridized carbons (Fsp3) is 0.273. The molecule has 3 N–H and O–H groups in total. The van der Waals surface area contributed by atoms with Gasteiger partial charge in [0.25, 0.3) is 0 Å². The normalized spacial score (nSPS) is 12.9. The molecule has 3 aromatic rings. The van der Waals surface area contributed by atoms with Crippen molar-refractivity contribution in [1.82, 2.24) is 15.0 Å². The minimum absolute atomic E-state index is 0.0639. The first-order valence-electron chi connectivity index (χ1n) is 9.68. The van der Waals surface area contributed by atoms with Crippen molar-refractivity contribution in [2.45, 2.75) is 44.2 Å². The van der Waals surface area contributed by atoms with E-state index in [0.717, 1.165) is 5.56 Å². The average molecular weight is 458 g/mol. The summed E-state index contributed by atoms with van der Waals surface area (Å²) in [4.78, 5) is 17.2. The van der Waals surface area contributed by atoms with Gasteiger partial charge in [0.2, 0.25) is 10.0 Å². The van der Waals surface area contributed by atoms with Gasteiger partial charge in [-0.1, -0.05) is 36.4 Å². The highest BCUT2D eigenvalue weighted by Crippen LogP contribution is 2.32. The Hall–Kier alpha value is -2.75. The van der Waals surface area contributed by atoms with Crippen LogP contribution in [-0.4, -0.2) is 25.0 Å². The van der Waals surface area contributed by atoms with Gasteiger partial charge in [0.15, 0.2) is 5.51 Å². The summed E-state index contributed by atoms with van der Waals surface area (Å²) in [7, 11) is -3.86. The Morgan fingerprint density at radius 3 is 2.45 bits per heavy atom. The van der Waals surface area contributed by atoms with Crippen LogP contribution in [0.3, 0.4) is 0 Å². The van der Waals surface area contributed by atoms with Gasteiger partial charge in [-0.25, -0.2) is 22.9 Å². The van der Waals surface area contributed by atoms with Gasteiger partial charge >= 0.3 is 6.03 Å². The molecule has 7 nitrogen and oxygen atoms in total. The zero-order valence-corrected chi connectivity index (χ0v) is 19.4. The number of amides is 2. The Labute approximate surface area is 187 Å². The fourth-order valence-electron chi connectivity index (χ4n) is 2.98. The zero-order valence-electron chi connectivity index (χ0n) is 17.8. The molecule has 0 bridgehead atoms. The second-order valence-electron chi connectivity index (χ2n) is 8.11. The summed E-state index contributed by atoms with van der Waals surface area (Å²) in [6.45, 7) is 7.18. The largest absolute Gasteiger partial charge is 0.331 e. The van der Waals surface area contributed by atoms with Crippen molar-refractivity contribution in [3.8, 4) is 10.4 Å². The highest BCUT2D eigenvalue weighted by molar-refractivity contribution is 7.89. The van der Waals surface area contributed by atoms with Crippen LogP contribution in [0.15, 0.2) is 59.6 Å². The summed E-state index contributed by atoms with van der Waals surface area (Å²) in [5.41, 5.74) is 3.90. The Kier molecular flexibility index (Phi) is 6.78. The Bertz CT molecular complexity index is 1140. The minimum atomic E-state index is -3.86. The predicted molar refractivity (Wildman–Crippen MR) is 123 cm³/mol. The quantitative estimate of drug-likeness (QED) is 0.505. The molecule has 0 unspecified atom stereocenters. The van der Waals surface area contributed by atoms with E-state index < -0.39 is 21.6 Å². The van der Waals surface area contributed by atoms with Gasteiger partial charge in [-0.2, -0.15) is 0 Å². The van der Waals surface area contributed by atoms with Gasteiger partial charge < -0.3 is 10.6 Å². The van der Waals surface area contributed by atoms with Crippen LogP contribution in [0.25, 0.3) is 10.4 Å². The Morgan fingerprint density at radius 2 is 1.84 bits per heavy atom. The number of benzene rings is 2. The summed E-state index contributed by atoms with van der Waals surface area (Å²) in [6.07, 6.45) is 1.57. The van der Waals surface area contributed by atoms with Crippen LogP contribution in [0.4, 0.5) is 10.5 Å². The van der Waals surface area contributed by atoms with Crippen molar-refractivity contribution in [3.63, 3.8) is 0 Å². The van der Waals surface area contributed by atoms with Crippen molar-refractivity contribution in [1.29, 1.82) is 0 Å². The van der Waals surface area contributed by atoms with Crippen LogP contribution in [0.2, 0.25) is 0 Å². The van der Waals surface area contributed by atoms with Crippen LogP contribution in [-0.2, 0) is 10.0 Å². The standard InChI is InChI=1S/C22H25N4O3S2/c1-15(16-8-6-5-7-9-16)24-21(27)25-17-10-11-18(19-13-23-14-30-19)20(12-17)31(28,29)26-22(2,3)4/h5-13,15,26H,1-4H3,(H2,24,25,27)/t15-/m1/s1. The first kappa shape index (κ1) is 22.9. The maximum atomic E-state index is 13.1. The van der Waals surface area contributed by atoms with Gasteiger partial charge in [-0.3, -0.25) is 0 Å². The molecule has 1 aromatic heterocycles. The van der Waals surface area contributed by atoms with Gasteiger partial charge in [-0.15, -0.1) is 11.3 Å². The molecule has 0 saturated carbocycles. The third-order valence-electron chi connectivity index (χ3n) is 4.27. The lowest BCUT2D eigenvalue weighted by Gasteiger charge is -2.22. The van der Waals surface area contributed by atoms with Crippen LogP contribution in [0, 0.1) is 5.51 Å². The fourth-order valence-corrected chi connectivity index (χ4v) is 5.31. The van der Waals surface area contributed by atoms with Crippen molar-refractivity contribution in [3.05, 3.63) is 65.8 Å². The molecule has 0 saturated heterocycles. The number of nitrogens with one attached hydrogen (secondary N) is 3. The van der Waals surface area contributed by atoms with Crippen molar-refractivity contribution < 1.29 is 13.2 Å². The van der Waals surface area contributed by atoms with E-state index in [1.807, 2.05) is 37.3 Å². The van der Waals surface area contributed by atoms with E-state index in [1.165, 1.54) is 17.4 Å². The molecule has 1 heterocycles. The smallest absolute Gasteiger partial charge is 0.319 e. The van der Waals surface area contributed by atoms with E-state index in [9.17, 15) is 13.2 Å². The number of aromatic nitrogens is 1. The van der Waals surface area contributed by atoms with E-state index >= 15 is 0 Å². The van der Waals surface area contributed by atoms with E-state index in [0.29, 0.717) is 16.1 Å². The summed E-state index contributed by atoms with van der Waals surface area (Å²) < 4.78 is 28.9. The molecule has 0 aliphatic carbocycles. The predicted octanol–water partition coefficient (Wildman–Crippen LogP) is 4.57. The molecular formula is C22H25N4O3S2. The lowest BCUT2D eigenvalue weighted by atomic mass is 10.1. The molecule has 2 amide bonds. The molecule has 0 fully saturated rings. The first-order valence-corrected chi connectivity index (χ1v) is 12.0. The summed E-state index contributed by atoms with van der Waals surface area (Å²) in [5.74, 6) is 0. The molecule has 0 aliphatic rings. The number of carbonyl (C=O) groups excluding carboxylic acids is 1. The van der Waals surface area contributed by atoms with Crippen LogP contribution in [0.5, 0.6) is 0 Å². The lowest BCUT2D eigenvalue weighted by molar-refractivity contribution is 0.249. The zero-order chi connectivity index (χ0) is 22.6. The molecule has 1 radical (unpaired) electrons. The van der Waals surface area contributed by atoms with Crippen LogP contribution >= 0.6 is 11.3 Å². The van der Waals surface area contributed by atoms with E-state index in [-0.39, 0.29) is 10.9 Å². The van der Waals surface area contributed by atoms with E-state index in [1.54, 1.807) is 39.1 Å². The Morgan fingerprint density at radius 1 is 1.13 bits per heavy atom. The molecule has 0 aliphatic heterocycles. The van der Waals surface area contributed by atoms with E-state index in [2.05, 4.69) is 25.9 Å². The molecule has 0 spiro atoms.